The maximum Gasteiger partial charge on any atom is 0.339 e. The van der Waals surface area contributed by atoms with Gasteiger partial charge in [0.15, 0.2) is 17.7 Å². The summed E-state index contributed by atoms with van der Waals surface area (Å²) in [5, 5.41) is 9.39. The molecule has 0 spiro atoms. The van der Waals surface area contributed by atoms with Crippen LogP contribution in [0.1, 0.15) is 11.7 Å². The molecule has 1 unspecified atom stereocenters. The topological polar surface area (TPSA) is 46.5 Å². The zero-order valence-electron chi connectivity index (χ0n) is 7.63. The number of rotatable bonds is 2. The molecule has 0 saturated heterocycles. The van der Waals surface area contributed by atoms with E-state index in [1.54, 1.807) is 0 Å². The molecule has 1 aromatic carbocycles. The van der Waals surface area contributed by atoms with Crippen molar-refractivity contribution >= 4 is 21.9 Å². The lowest BCUT2D eigenvalue weighted by molar-refractivity contribution is -0.150. The molecule has 0 heterocycles. The van der Waals surface area contributed by atoms with Crippen LogP contribution in [-0.4, -0.2) is 18.2 Å². The zero-order chi connectivity index (χ0) is 11.6. The average Bonchev–Trinajstić information content (AvgIpc) is 2.24. The summed E-state index contributed by atoms with van der Waals surface area (Å²) >= 11 is 2.75. The van der Waals surface area contributed by atoms with Crippen LogP contribution in [0.2, 0.25) is 0 Å². The molecule has 0 radical (unpaired) electrons. The molecule has 1 aromatic rings. The summed E-state index contributed by atoms with van der Waals surface area (Å²) < 4.78 is 29.7. The largest absolute Gasteiger partial charge is 0.467 e. The summed E-state index contributed by atoms with van der Waals surface area (Å²) in [4.78, 5) is 11.0. The third kappa shape index (κ3) is 2.32. The first kappa shape index (κ1) is 12.1. The highest BCUT2D eigenvalue weighted by molar-refractivity contribution is 9.10. The summed E-state index contributed by atoms with van der Waals surface area (Å²) in [6, 6.07) is 1.92. The van der Waals surface area contributed by atoms with Gasteiger partial charge in [-0.15, -0.1) is 0 Å². The van der Waals surface area contributed by atoms with E-state index in [2.05, 4.69) is 20.7 Å². The zero-order valence-corrected chi connectivity index (χ0v) is 9.22. The first-order valence-electron chi connectivity index (χ1n) is 3.88. The Labute approximate surface area is 92.8 Å². The highest BCUT2D eigenvalue weighted by Gasteiger charge is 2.23. The molecule has 6 heteroatoms. The molecular formula is C9H7BrF2O3. The SMILES string of the molecule is COC(=O)C(O)c1ccc(F)c(F)c1Br. The molecule has 0 amide bonds. The van der Waals surface area contributed by atoms with Gasteiger partial charge in [0.2, 0.25) is 0 Å². The Morgan fingerprint density at radius 1 is 1.53 bits per heavy atom. The van der Waals surface area contributed by atoms with E-state index in [1.165, 1.54) is 0 Å². The number of benzene rings is 1. The van der Waals surface area contributed by atoms with Gasteiger partial charge in [-0.05, 0) is 22.0 Å². The van der Waals surface area contributed by atoms with Gasteiger partial charge in [-0.2, -0.15) is 0 Å². The smallest absolute Gasteiger partial charge is 0.339 e. The van der Waals surface area contributed by atoms with Crippen LogP contribution in [-0.2, 0) is 9.53 Å². The Kier molecular flexibility index (Phi) is 3.76. The molecule has 0 aliphatic heterocycles. The number of carbonyl (C=O) groups is 1. The number of hydrogen-bond acceptors (Lipinski definition) is 3. The fourth-order valence-electron chi connectivity index (χ4n) is 0.991. The van der Waals surface area contributed by atoms with Crippen LogP contribution in [0, 0.1) is 11.6 Å². The van der Waals surface area contributed by atoms with E-state index >= 15 is 0 Å². The third-order valence-corrected chi connectivity index (χ3v) is 2.59. The van der Waals surface area contributed by atoms with E-state index in [-0.39, 0.29) is 10.0 Å². The number of esters is 1. The molecule has 0 aliphatic rings. The molecule has 1 atom stereocenters. The minimum absolute atomic E-state index is 0.0826. The van der Waals surface area contributed by atoms with Gasteiger partial charge in [0.25, 0.3) is 0 Å². The summed E-state index contributed by atoms with van der Waals surface area (Å²) in [6.07, 6.45) is -1.64. The normalized spacial score (nSPS) is 12.3. The van der Waals surface area contributed by atoms with E-state index in [1.807, 2.05) is 0 Å². The summed E-state index contributed by atoms with van der Waals surface area (Å²) in [6.45, 7) is 0. The van der Waals surface area contributed by atoms with Crippen molar-refractivity contribution in [3.8, 4) is 0 Å². The van der Waals surface area contributed by atoms with Crippen LogP contribution in [0.25, 0.3) is 0 Å². The Balaban J connectivity index is 3.16. The van der Waals surface area contributed by atoms with Gasteiger partial charge >= 0.3 is 5.97 Å². The number of methoxy groups -OCH3 is 1. The number of halogens is 3. The number of ether oxygens (including phenoxy) is 1. The van der Waals surface area contributed by atoms with Crippen molar-refractivity contribution in [1.29, 1.82) is 0 Å². The minimum atomic E-state index is -1.64. The second-order valence-electron chi connectivity index (χ2n) is 2.69. The number of aliphatic hydroxyl groups is 1. The van der Waals surface area contributed by atoms with Crippen LogP contribution < -0.4 is 0 Å². The van der Waals surface area contributed by atoms with Gasteiger partial charge in [0, 0.05) is 5.56 Å². The highest BCUT2D eigenvalue weighted by Crippen LogP contribution is 2.28. The monoisotopic (exact) mass is 280 g/mol. The van der Waals surface area contributed by atoms with E-state index < -0.39 is 23.7 Å². The second-order valence-corrected chi connectivity index (χ2v) is 3.48. The van der Waals surface area contributed by atoms with Crippen molar-refractivity contribution in [2.45, 2.75) is 6.10 Å². The van der Waals surface area contributed by atoms with E-state index in [0.717, 1.165) is 19.2 Å². The van der Waals surface area contributed by atoms with Crippen LogP contribution in [0.4, 0.5) is 8.78 Å². The Bertz CT molecular complexity index is 395. The summed E-state index contributed by atoms with van der Waals surface area (Å²) in [7, 11) is 1.08. The van der Waals surface area contributed by atoms with Crippen molar-refractivity contribution in [2.75, 3.05) is 7.11 Å². The van der Waals surface area contributed by atoms with E-state index in [0.29, 0.717) is 0 Å². The maximum absolute atomic E-state index is 13.0. The molecule has 15 heavy (non-hydrogen) atoms. The van der Waals surface area contributed by atoms with Gasteiger partial charge in [0.05, 0.1) is 11.6 Å². The van der Waals surface area contributed by atoms with Crippen molar-refractivity contribution in [3.05, 3.63) is 33.8 Å². The maximum atomic E-state index is 13.0. The number of hydrogen-bond donors (Lipinski definition) is 1. The average molecular weight is 281 g/mol. The van der Waals surface area contributed by atoms with Gasteiger partial charge in [-0.3, -0.25) is 0 Å². The molecular weight excluding hydrogens is 274 g/mol. The fraction of sp³-hybridized carbons (Fsp3) is 0.222. The lowest BCUT2D eigenvalue weighted by Crippen LogP contribution is -2.14. The van der Waals surface area contributed by atoms with Crippen molar-refractivity contribution in [2.24, 2.45) is 0 Å². The van der Waals surface area contributed by atoms with Crippen molar-refractivity contribution in [3.63, 3.8) is 0 Å². The first-order valence-corrected chi connectivity index (χ1v) is 4.67. The molecule has 82 valence electrons. The van der Waals surface area contributed by atoms with Gasteiger partial charge in [-0.25, -0.2) is 13.6 Å². The predicted molar refractivity (Wildman–Crippen MR) is 51.0 cm³/mol. The van der Waals surface area contributed by atoms with Crippen LogP contribution >= 0.6 is 15.9 Å². The summed E-state index contributed by atoms with van der Waals surface area (Å²) in [5.41, 5.74) is -0.0826. The van der Waals surface area contributed by atoms with Crippen molar-refractivity contribution in [1.82, 2.24) is 0 Å². The molecule has 0 fully saturated rings. The van der Waals surface area contributed by atoms with Crippen LogP contribution in [0.5, 0.6) is 0 Å². The molecule has 1 rings (SSSR count). The highest BCUT2D eigenvalue weighted by atomic mass is 79.9. The third-order valence-electron chi connectivity index (χ3n) is 1.78. The predicted octanol–water partition coefficient (Wildman–Crippen LogP) is 1.93. The fourth-order valence-corrected chi connectivity index (χ4v) is 1.53. The van der Waals surface area contributed by atoms with Crippen LogP contribution in [0.3, 0.4) is 0 Å². The number of aliphatic hydroxyl groups excluding tert-OH is 1. The quantitative estimate of drug-likeness (QED) is 0.665. The van der Waals surface area contributed by atoms with Gasteiger partial charge in [-0.1, -0.05) is 6.07 Å². The van der Waals surface area contributed by atoms with Crippen LogP contribution in [0.15, 0.2) is 16.6 Å². The molecule has 0 aliphatic carbocycles. The lowest BCUT2D eigenvalue weighted by atomic mass is 10.1. The first-order chi connectivity index (χ1) is 6.99. The molecule has 0 saturated carbocycles. The molecule has 0 aromatic heterocycles. The molecule has 3 nitrogen and oxygen atoms in total. The van der Waals surface area contributed by atoms with E-state index in [9.17, 15) is 18.7 Å². The molecule has 1 N–H and O–H groups in total. The van der Waals surface area contributed by atoms with Gasteiger partial charge in [0.1, 0.15) is 0 Å². The Morgan fingerprint density at radius 3 is 2.67 bits per heavy atom. The number of carbonyl (C=O) groups excluding carboxylic acids is 1. The van der Waals surface area contributed by atoms with E-state index in [4.69, 9.17) is 0 Å². The minimum Gasteiger partial charge on any atom is -0.467 e. The second kappa shape index (κ2) is 4.67. The standard InChI is InChI=1S/C9H7BrF2O3/c1-15-9(14)8(13)4-2-3-5(11)7(12)6(4)10/h2-3,8,13H,1H3. The lowest BCUT2D eigenvalue weighted by Gasteiger charge is -2.11. The Morgan fingerprint density at radius 2 is 2.13 bits per heavy atom. The Hall–Kier alpha value is -1.01. The molecule has 0 bridgehead atoms. The summed E-state index contributed by atoms with van der Waals surface area (Å²) in [5.74, 6) is -3.17. The van der Waals surface area contributed by atoms with Crippen molar-refractivity contribution < 1.29 is 23.4 Å². The van der Waals surface area contributed by atoms with Gasteiger partial charge < -0.3 is 9.84 Å².